The monoisotopic (exact) mass is 532 g/mol. The molecule has 206 valence electrons. The van der Waals surface area contributed by atoms with Gasteiger partial charge in [0, 0.05) is 26.2 Å². The second-order valence-corrected chi connectivity index (χ2v) is 9.26. The van der Waals surface area contributed by atoms with Gasteiger partial charge in [0.05, 0.1) is 17.2 Å². The summed E-state index contributed by atoms with van der Waals surface area (Å²) in [5.41, 5.74) is 4.32. The predicted molar refractivity (Wildman–Crippen MR) is 130 cm³/mol. The number of benzene rings is 2. The highest BCUT2D eigenvalue weighted by Crippen LogP contribution is 2.38. The molecule has 2 aromatic carbocycles. The van der Waals surface area contributed by atoms with E-state index in [0.29, 0.717) is 18.2 Å². The average molecular weight is 533 g/mol. The lowest BCUT2D eigenvalue weighted by Gasteiger charge is -2.32. The first kappa shape index (κ1) is 30.6. The number of alkyl halides is 6. The molecule has 2 fully saturated rings. The minimum Gasteiger partial charge on any atom is -0.377 e. The summed E-state index contributed by atoms with van der Waals surface area (Å²) in [5.74, 6) is 0.742. The van der Waals surface area contributed by atoms with Crippen LogP contribution in [-0.4, -0.2) is 37.6 Å². The number of halogens is 6. The second-order valence-electron chi connectivity index (χ2n) is 9.26. The molecule has 0 bridgehead atoms. The Labute approximate surface area is 213 Å². The van der Waals surface area contributed by atoms with E-state index < -0.39 is 29.6 Å². The fourth-order valence-corrected chi connectivity index (χ4v) is 4.03. The van der Waals surface area contributed by atoms with Crippen LogP contribution in [0.3, 0.4) is 0 Å². The van der Waals surface area contributed by atoms with Crippen LogP contribution in [0.4, 0.5) is 26.3 Å². The summed E-state index contributed by atoms with van der Waals surface area (Å²) >= 11 is 0. The molecule has 1 saturated heterocycles. The van der Waals surface area contributed by atoms with Crippen LogP contribution in [0.5, 0.6) is 0 Å². The molecule has 0 unspecified atom stereocenters. The molecule has 4 rings (SSSR count). The summed E-state index contributed by atoms with van der Waals surface area (Å²) in [5, 5.41) is 0. The van der Waals surface area contributed by atoms with Crippen molar-refractivity contribution in [3.05, 3.63) is 70.8 Å². The zero-order valence-corrected chi connectivity index (χ0v) is 21.0. The first-order valence-electron chi connectivity index (χ1n) is 12.2. The molecule has 1 heterocycles. The fourth-order valence-electron chi connectivity index (χ4n) is 4.03. The van der Waals surface area contributed by atoms with Crippen LogP contribution in [0.15, 0.2) is 48.5 Å². The van der Waals surface area contributed by atoms with E-state index in [0.717, 1.165) is 25.4 Å². The highest BCUT2D eigenvalue weighted by atomic mass is 19.4. The third-order valence-corrected chi connectivity index (χ3v) is 6.42. The van der Waals surface area contributed by atoms with E-state index in [4.69, 9.17) is 10.5 Å². The molecule has 1 aliphatic heterocycles. The number of amides is 1. The number of carbonyl (C=O) groups excluding carboxylic acids is 1. The lowest BCUT2D eigenvalue weighted by atomic mass is 9.76. The van der Waals surface area contributed by atoms with Gasteiger partial charge in [-0.1, -0.05) is 30.3 Å². The van der Waals surface area contributed by atoms with Crippen molar-refractivity contribution in [2.24, 2.45) is 5.73 Å². The molecule has 2 aliphatic rings. The summed E-state index contributed by atoms with van der Waals surface area (Å²) in [6, 6.07) is 12.5. The molecule has 10 heteroatoms. The van der Waals surface area contributed by atoms with E-state index in [1.165, 1.54) is 51.7 Å². The van der Waals surface area contributed by atoms with Crippen LogP contribution in [0.1, 0.15) is 73.3 Å². The van der Waals surface area contributed by atoms with Gasteiger partial charge in [0.1, 0.15) is 0 Å². The molecule has 1 aliphatic carbocycles. The number of piperidine rings is 1. The van der Waals surface area contributed by atoms with Gasteiger partial charge in [0.25, 0.3) is 0 Å². The Morgan fingerprint density at radius 3 is 1.81 bits per heavy atom. The molecule has 37 heavy (non-hydrogen) atoms. The maximum absolute atomic E-state index is 12.5. The van der Waals surface area contributed by atoms with Crippen LogP contribution in [-0.2, 0) is 21.9 Å². The summed E-state index contributed by atoms with van der Waals surface area (Å²) in [7, 11) is 1.21. The summed E-state index contributed by atoms with van der Waals surface area (Å²) < 4.78 is 79.7. The van der Waals surface area contributed by atoms with Crippen molar-refractivity contribution in [2.75, 3.05) is 20.2 Å². The lowest BCUT2D eigenvalue weighted by molar-refractivity contribution is -0.143. The SMILES string of the molecule is CO[C@H](C)c1cc(C(F)(F)F)cc(C(F)(F)F)c1.NC1CC(c2ccccc2)C1.O=CN1CCCCC1. The normalized spacial score (nSPS) is 20.4. The molecule has 2 N–H and O–H groups in total. The minimum atomic E-state index is -4.83. The van der Waals surface area contributed by atoms with E-state index in [1.807, 2.05) is 4.90 Å². The zero-order chi connectivity index (χ0) is 27.6. The number of hydrogen-bond acceptors (Lipinski definition) is 3. The summed E-state index contributed by atoms with van der Waals surface area (Å²) in [6.07, 6.45) is -3.55. The van der Waals surface area contributed by atoms with E-state index >= 15 is 0 Å². The topological polar surface area (TPSA) is 55.6 Å². The Kier molecular flexibility index (Phi) is 11.4. The lowest BCUT2D eigenvalue weighted by Crippen LogP contribution is -2.34. The van der Waals surface area contributed by atoms with E-state index in [9.17, 15) is 31.1 Å². The van der Waals surface area contributed by atoms with E-state index in [2.05, 4.69) is 30.3 Å². The van der Waals surface area contributed by atoms with Crippen molar-refractivity contribution in [1.82, 2.24) is 4.90 Å². The maximum Gasteiger partial charge on any atom is 0.416 e. The van der Waals surface area contributed by atoms with Crippen LogP contribution < -0.4 is 5.73 Å². The molecule has 4 nitrogen and oxygen atoms in total. The van der Waals surface area contributed by atoms with Gasteiger partial charge < -0.3 is 15.4 Å². The first-order valence-corrected chi connectivity index (χ1v) is 12.2. The zero-order valence-electron chi connectivity index (χ0n) is 21.0. The molecule has 1 atom stereocenters. The van der Waals surface area contributed by atoms with Crippen molar-refractivity contribution < 1.29 is 35.9 Å². The Balaban J connectivity index is 0.000000213. The largest absolute Gasteiger partial charge is 0.416 e. The number of methoxy groups -OCH3 is 1. The Bertz CT molecular complexity index is 921. The van der Waals surface area contributed by atoms with Gasteiger partial charge >= 0.3 is 12.4 Å². The molecule has 0 radical (unpaired) electrons. The predicted octanol–water partition coefficient (Wildman–Crippen LogP) is 6.95. The molecule has 0 spiro atoms. The molecular weight excluding hydrogens is 498 g/mol. The molecular formula is C27H34F6N2O2. The number of ether oxygens (including phenoxy) is 1. The Morgan fingerprint density at radius 2 is 1.43 bits per heavy atom. The van der Waals surface area contributed by atoms with Gasteiger partial charge in [-0.2, -0.15) is 26.3 Å². The van der Waals surface area contributed by atoms with E-state index in [1.54, 1.807) is 0 Å². The van der Waals surface area contributed by atoms with Crippen molar-refractivity contribution in [3.8, 4) is 0 Å². The number of nitrogens with zero attached hydrogens (tertiary/aromatic N) is 1. The number of hydrogen-bond donors (Lipinski definition) is 1. The van der Waals surface area contributed by atoms with E-state index in [-0.39, 0.29) is 11.6 Å². The highest BCUT2D eigenvalue weighted by Gasteiger charge is 2.37. The average Bonchev–Trinajstić information content (AvgIpc) is 2.87. The second kappa shape index (κ2) is 13.8. The van der Waals surface area contributed by atoms with Crippen LogP contribution in [0.25, 0.3) is 0 Å². The van der Waals surface area contributed by atoms with Crippen molar-refractivity contribution in [1.29, 1.82) is 0 Å². The highest BCUT2D eigenvalue weighted by molar-refractivity contribution is 5.46. The summed E-state index contributed by atoms with van der Waals surface area (Å²) in [4.78, 5) is 11.9. The number of nitrogens with two attached hydrogens (primary N) is 1. The smallest absolute Gasteiger partial charge is 0.377 e. The summed E-state index contributed by atoms with van der Waals surface area (Å²) in [6.45, 7) is 3.32. The third kappa shape index (κ3) is 10.0. The molecule has 1 amide bonds. The maximum atomic E-state index is 12.5. The molecule has 0 aromatic heterocycles. The fraction of sp³-hybridized carbons (Fsp3) is 0.519. The van der Waals surface area contributed by atoms with Gasteiger partial charge in [0.15, 0.2) is 0 Å². The number of rotatable bonds is 4. The van der Waals surface area contributed by atoms with Gasteiger partial charge in [-0.25, -0.2) is 0 Å². The van der Waals surface area contributed by atoms with Gasteiger partial charge in [-0.15, -0.1) is 0 Å². The van der Waals surface area contributed by atoms with Gasteiger partial charge in [0.2, 0.25) is 6.41 Å². The van der Waals surface area contributed by atoms with Gasteiger partial charge in [-0.05, 0) is 74.3 Å². The third-order valence-electron chi connectivity index (χ3n) is 6.42. The van der Waals surface area contributed by atoms with Crippen LogP contribution in [0, 0.1) is 0 Å². The quantitative estimate of drug-likeness (QED) is 0.342. The minimum absolute atomic E-state index is 0.0892. The molecule has 1 saturated carbocycles. The number of carbonyl (C=O) groups is 1. The van der Waals surface area contributed by atoms with Crippen molar-refractivity contribution in [3.63, 3.8) is 0 Å². The van der Waals surface area contributed by atoms with Crippen LogP contribution >= 0.6 is 0 Å². The standard InChI is InChI=1S/C11H10F6O.C10H13N.C6H11NO/c1-6(18-2)7-3-8(10(12,13)14)5-9(4-7)11(15,16)17;11-10-6-9(7-10)8-4-2-1-3-5-8;8-6-7-4-2-1-3-5-7/h3-6H,1-2H3;1-5,9-10H,6-7,11H2;6H,1-5H2/t6-;;/m1../s1. The Morgan fingerprint density at radius 1 is 0.919 bits per heavy atom. The Hall–Kier alpha value is -2.59. The number of likely N-dealkylation sites (tertiary alicyclic amines) is 1. The van der Waals surface area contributed by atoms with Crippen molar-refractivity contribution in [2.45, 2.75) is 69.4 Å². The van der Waals surface area contributed by atoms with Crippen LogP contribution in [0.2, 0.25) is 0 Å². The van der Waals surface area contributed by atoms with Crippen molar-refractivity contribution >= 4 is 6.41 Å². The first-order chi connectivity index (χ1) is 17.3. The molecule has 2 aromatic rings. The van der Waals surface area contributed by atoms with Gasteiger partial charge in [-0.3, -0.25) is 4.79 Å².